The third kappa shape index (κ3) is 3.82. The highest BCUT2D eigenvalue weighted by Crippen LogP contribution is 2.32. The molecule has 26 heavy (non-hydrogen) atoms. The van der Waals surface area contributed by atoms with E-state index >= 15 is 0 Å². The average Bonchev–Trinajstić information content (AvgIpc) is 3.23. The monoisotopic (exact) mass is 379 g/mol. The summed E-state index contributed by atoms with van der Waals surface area (Å²) in [5.74, 6) is 1.41. The molecule has 1 aromatic rings. The Morgan fingerprint density at radius 3 is 2.54 bits per heavy atom. The lowest BCUT2D eigenvalue weighted by molar-refractivity contribution is 0.0302. The van der Waals surface area contributed by atoms with Gasteiger partial charge in [0.2, 0.25) is 0 Å². The number of aromatic nitrogens is 1. The highest BCUT2D eigenvalue weighted by molar-refractivity contribution is 6.33. The van der Waals surface area contributed by atoms with E-state index in [4.69, 9.17) is 21.1 Å². The van der Waals surface area contributed by atoms with Crippen molar-refractivity contribution in [1.29, 1.82) is 0 Å². The fourth-order valence-electron chi connectivity index (χ4n) is 4.19. The number of piperidine rings is 1. The molecule has 0 saturated carbocycles. The maximum atomic E-state index is 12.6. The van der Waals surface area contributed by atoms with E-state index < -0.39 is 0 Å². The van der Waals surface area contributed by atoms with Crippen molar-refractivity contribution in [1.82, 2.24) is 9.88 Å². The smallest absolute Gasteiger partial charge is 0.255 e. The predicted molar refractivity (Wildman–Crippen MR) is 99.9 cm³/mol. The molecule has 1 unspecified atom stereocenters. The summed E-state index contributed by atoms with van der Waals surface area (Å²) in [5.41, 5.74) is 0.551. The maximum absolute atomic E-state index is 12.6. The van der Waals surface area contributed by atoms with Crippen LogP contribution in [0.5, 0.6) is 0 Å². The number of morpholine rings is 1. The highest BCUT2D eigenvalue weighted by Gasteiger charge is 2.30. The molecular weight excluding hydrogens is 354 g/mol. The average molecular weight is 380 g/mol. The molecule has 142 valence electrons. The Hall–Kier alpha value is -1.37. The molecule has 3 saturated heterocycles. The summed E-state index contributed by atoms with van der Waals surface area (Å²) >= 11 is 6.48. The van der Waals surface area contributed by atoms with Crippen molar-refractivity contribution in [3.63, 3.8) is 0 Å². The fourth-order valence-corrected chi connectivity index (χ4v) is 4.47. The molecule has 1 atom stereocenters. The molecular formula is C19H26ClN3O3. The first kappa shape index (κ1) is 18.0. The van der Waals surface area contributed by atoms with Gasteiger partial charge in [0, 0.05) is 39.0 Å². The van der Waals surface area contributed by atoms with Gasteiger partial charge >= 0.3 is 0 Å². The number of rotatable bonds is 3. The van der Waals surface area contributed by atoms with Crippen LogP contribution >= 0.6 is 11.6 Å². The molecule has 4 rings (SSSR count). The molecule has 0 aromatic carbocycles. The number of halogens is 1. The number of hydrogen-bond donors (Lipinski definition) is 0. The van der Waals surface area contributed by atoms with Gasteiger partial charge in [-0.3, -0.25) is 4.79 Å². The first-order valence-electron chi connectivity index (χ1n) is 9.61. The topological polar surface area (TPSA) is 54.9 Å². The maximum Gasteiger partial charge on any atom is 0.255 e. The Kier molecular flexibility index (Phi) is 5.62. The third-order valence-corrected chi connectivity index (χ3v) is 5.97. The van der Waals surface area contributed by atoms with Crippen LogP contribution in [0.15, 0.2) is 12.3 Å². The number of amides is 1. The van der Waals surface area contributed by atoms with Gasteiger partial charge in [-0.1, -0.05) is 11.6 Å². The highest BCUT2D eigenvalue weighted by atomic mass is 35.5. The van der Waals surface area contributed by atoms with Gasteiger partial charge in [-0.05, 0) is 37.7 Å². The largest absolute Gasteiger partial charge is 0.378 e. The summed E-state index contributed by atoms with van der Waals surface area (Å²) in [5, 5.41) is 0.555. The number of nitrogens with zero attached hydrogens (tertiary/aromatic N) is 3. The zero-order valence-electron chi connectivity index (χ0n) is 15.0. The molecule has 0 N–H and O–H groups in total. The zero-order valence-corrected chi connectivity index (χ0v) is 15.8. The second kappa shape index (κ2) is 8.11. The van der Waals surface area contributed by atoms with E-state index in [0.717, 1.165) is 38.4 Å². The molecule has 7 heteroatoms. The Bertz CT molecular complexity index is 637. The zero-order chi connectivity index (χ0) is 17.9. The second-order valence-corrected chi connectivity index (χ2v) is 7.72. The SMILES string of the molecule is O=C(c1cnc(N2CCC(C3CCCO3)CC2)c(Cl)c1)N1CCOCC1. The summed E-state index contributed by atoms with van der Waals surface area (Å²) in [4.78, 5) is 21.1. The number of hydrogen-bond acceptors (Lipinski definition) is 5. The minimum atomic E-state index is -0.0219. The quantitative estimate of drug-likeness (QED) is 0.808. The van der Waals surface area contributed by atoms with Crippen molar-refractivity contribution in [2.75, 3.05) is 50.9 Å². The number of carbonyl (C=O) groups is 1. The van der Waals surface area contributed by atoms with Crippen LogP contribution in [0.2, 0.25) is 5.02 Å². The van der Waals surface area contributed by atoms with Crippen LogP contribution in [0.25, 0.3) is 0 Å². The van der Waals surface area contributed by atoms with E-state index in [1.165, 1.54) is 12.8 Å². The van der Waals surface area contributed by atoms with Crippen molar-refractivity contribution in [3.05, 3.63) is 22.8 Å². The number of carbonyl (C=O) groups excluding carboxylic acids is 1. The molecule has 3 aliphatic heterocycles. The van der Waals surface area contributed by atoms with E-state index in [9.17, 15) is 4.79 Å². The van der Waals surface area contributed by atoms with E-state index in [1.807, 2.05) is 0 Å². The third-order valence-electron chi connectivity index (χ3n) is 5.70. The molecule has 6 nitrogen and oxygen atoms in total. The van der Waals surface area contributed by atoms with Crippen LogP contribution in [0.4, 0.5) is 5.82 Å². The minimum Gasteiger partial charge on any atom is -0.378 e. The van der Waals surface area contributed by atoms with Crippen LogP contribution in [-0.2, 0) is 9.47 Å². The lowest BCUT2D eigenvalue weighted by Crippen LogP contribution is -2.41. The summed E-state index contributed by atoms with van der Waals surface area (Å²) in [6.45, 7) is 5.21. The van der Waals surface area contributed by atoms with Gasteiger partial charge in [0.05, 0.1) is 29.9 Å². The van der Waals surface area contributed by atoms with Crippen molar-refractivity contribution in [2.45, 2.75) is 31.8 Å². The molecule has 3 fully saturated rings. The Labute approximate surface area is 159 Å². The van der Waals surface area contributed by atoms with Crippen molar-refractivity contribution >= 4 is 23.3 Å². The Morgan fingerprint density at radius 1 is 1.12 bits per heavy atom. The van der Waals surface area contributed by atoms with Gasteiger partial charge in [-0.2, -0.15) is 0 Å². The molecule has 4 heterocycles. The summed E-state index contributed by atoms with van der Waals surface area (Å²) in [7, 11) is 0. The fraction of sp³-hybridized carbons (Fsp3) is 0.684. The lowest BCUT2D eigenvalue weighted by Gasteiger charge is -2.35. The first-order chi connectivity index (χ1) is 12.7. The second-order valence-electron chi connectivity index (χ2n) is 7.31. The van der Waals surface area contributed by atoms with E-state index in [2.05, 4.69) is 9.88 Å². The summed E-state index contributed by atoms with van der Waals surface area (Å²) in [6.07, 6.45) is 6.70. The Balaban J connectivity index is 1.39. The van der Waals surface area contributed by atoms with Crippen molar-refractivity contribution in [3.8, 4) is 0 Å². The molecule has 0 radical (unpaired) electrons. The lowest BCUT2D eigenvalue weighted by atomic mass is 9.90. The van der Waals surface area contributed by atoms with Crippen molar-refractivity contribution < 1.29 is 14.3 Å². The van der Waals surface area contributed by atoms with Crippen LogP contribution in [0.3, 0.4) is 0 Å². The standard InChI is InChI=1S/C19H26ClN3O3/c20-16-12-15(19(24)23-7-10-25-11-8-23)13-21-18(16)22-5-3-14(4-6-22)17-2-1-9-26-17/h12-14,17H,1-11H2. The van der Waals surface area contributed by atoms with Gasteiger partial charge in [-0.15, -0.1) is 0 Å². The number of ether oxygens (including phenoxy) is 2. The van der Waals surface area contributed by atoms with E-state index in [0.29, 0.717) is 48.9 Å². The predicted octanol–water partition coefficient (Wildman–Crippen LogP) is 2.60. The molecule has 0 aliphatic carbocycles. The van der Waals surface area contributed by atoms with E-state index in [1.54, 1.807) is 17.2 Å². The van der Waals surface area contributed by atoms with Crippen LogP contribution < -0.4 is 4.90 Å². The molecule has 0 spiro atoms. The van der Waals surface area contributed by atoms with Crippen molar-refractivity contribution in [2.24, 2.45) is 5.92 Å². The van der Waals surface area contributed by atoms with Gasteiger partial charge in [0.25, 0.3) is 5.91 Å². The van der Waals surface area contributed by atoms with Gasteiger partial charge in [-0.25, -0.2) is 4.98 Å². The molecule has 1 amide bonds. The Morgan fingerprint density at radius 2 is 1.88 bits per heavy atom. The minimum absolute atomic E-state index is 0.0219. The van der Waals surface area contributed by atoms with Crippen LogP contribution in [-0.4, -0.2) is 67.9 Å². The van der Waals surface area contributed by atoms with Crippen LogP contribution in [0, 0.1) is 5.92 Å². The van der Waals surface area contributed by atoms with E-state index in [-0.39, 0.29) is 5.91 Å². The van der Waals surface area contributed by atoms with Crippen LogP contribution in [0.1, 0.15) is 36.0 Å². The summed E-state index contributed by atoms with van der Waals surface area (Å²) in [6, 6.07) is 1.76. The molecule has 3 aliphatic rings. The number of pyridine rings is 1. The summed E-state index contributed by atoms with van der Waals surface area (Å²) < 4.78 is 11.1. The first-order valence-corrected chi connectivity index (χ1v) is 9.99. The van der Waals surface area contributed by atoms with Gasteiger partial charge in [0.15, 0.2) is 0 Å². The van der Waals surface area contributed by atoms with Gasteiger partial charge in [0.1, 0.15) is 5.82 Å². The molecule has 1 aromatic heterocycles. The normalized spacial score (nSPS) is 24.9. The molecule has 0 bridgehead atoms. The number of anilines is 1. The van der Waals surface area contributed by atoms with Gasteiger partial charge < -0.3 is 19.3 Å².